The van der Waals surface area contributed by atoms with Crippen LogP contribution in [0.4, 0.5) is 0 Å². The van der Waals surface area contributed by atoms with E-state index < -0.39 is 11.6 Å². The normalized spacial score (nSPS) is 25.7. The molecule has 184 valence electrons. The van der Waals surface area contributed by atoms with Crippen LogP contribution in [0.25, 0.3) is 0 Å². The molecule has 0 spiro atoms. The number of carbonyl (C=O) groups is 1. The number of nitrogens with two attached hydrogens (primary N) is 1. The Morgan fingerprint density at radius 2 is 2.03 bits per heavy atom. The SMILES string of the molecule is C[C@@]1(CCC(=O)O)Oc2cc(OCCc3ccc(Cl)cc3)ccc2[C@@H]2O[C@H](CCCN)CC[C@H]21. The van der Waals surface area contributed by atoms with Crippen LogP contribution in [0.5, 0.6) is 11.5 Å². The minimum absolute atomic E-state index is 0.0585. The van der Waals surface area contributed by atoms with Gasteiger partial charge < -0.3 is 25.1 Å². The highest BCUT2D eigenvalue weighted by Crippen LogP contribution is 2.53. The summed E-state index contributed by atoms with van der Waals surface area (Å²) >= 11 is 5.96. The second-order valence-electron chi connectivity index (χ2n) is 9.53. The third-order valence-corrected chi connectivity index (χ3v) is 7.31. The summed E-state index contributed by atoms with van der Waals surface area (Å²) in [6, 6.07) is 13.7. The van der Waals surface area contributed by atoms with Crippen LogP contribution in [0, 0.1) is 5.92 Å². The maximum Gasteiger partial charge on any atom is 0.303 e. The molecule has 2 aromatic carbocycles. The summed E-state index contributed by atoms with van der Waals surface area (Å²) in [6.45, 7) is 3.20. The number of fused-ring (bicyclic) bond motifs is 3. The van der Waals surface area contributed by atoms with Gasteiger partial charge in [-0.05, 0) is 75.4 Å². The lowest BCUT2D eigenvalue weighted by molar-refractivity contribution is -0.162. The van der Waals surface area contributed by atoms with Gasteiger partial charge in [-0.15, -0.1) is 0 Å². The van der Waals surface area contributed by atoms with Crippen LogP contribution >= 0.6 is 11.6 Å². The Kier molecular flexibility index (Phi) is 8.02. The van der Waals surface area contributed by atoms with E-state index in [1.54, 1.807) is 0 Å². The van der Waals surface area contributed by atoms with Crippen LogP contribution < -0.4 is 15.2 Å². The summed E-state index contributed by atoms with van der Waals surface area (Å²) in [6.07, 6.45) is 5.04. The van der Waals surface area contributed by atoms with Gasteiger partial charge in [-0.1, -0.05) is 23.7 Å². The van der Waals surface area contributed by atoms with E-state index in [0.29, 0.717) is 19.6 Å². The molecule has 2 aliphatic heterocycles. The minimum Gasteiger partial charge on any atom is -0.493 e. The van der Waals surface area contributed by atoms with Gasteiger partial charge in [0, 0.05) is 35.4 Å². The van der Waals surface area contributed by atoms with Crippen molar-refractivity contribution in [1.29, 1.82) is 0 Å². The van der Waals surface area contributed by atoms with E-state index in [9.17, 15) is 9.90 Å². The first-order valence-electron chi connectivity index (χ1n) is 12.2. The highest BCUT2D eigenvalue weighted by atomic mass is 35.5. The highest BCUT2D eigenvalue weighted by Gasteiger charge is 2.49. The predicted octanol–water partition coefficient (Wildman–Crippen LogP) is 5.55. The van der Waals surface area contributed by atoms with E-state index in [2.05, 4.69) is 0 Å². The smallest absolute Gasteiger partial charge is 0.303 e. The monoisotopic (exact) mass is 487 g/mol. The summed E-state index contributed by atoms with van der Waals surface area (Å²) < 4.78 is 19.1. The van der Waals surface area contributed by atoms with Gasteiger partial charge in [0.1, 0.15) is 17.1 Å². The Morgan fingerprint density at radius 1 is 1.24 bits per heavy atom. The lowest BCUT2D eigenvalue weighted by atomic mass is 9.72. The number of rotatable bonds is 10. The number of ether oxygens (including phenoxy) is 3. The fraction of sp³-hybridized carbons (Fsp3) is 0.519. The molecule has 0 saturated carbocycles. The Bertz CT molecular complexity index is 981. The van der Waals surface area contributed by atoms with Crippen molar-refractivity contribution < 1.29 is 24.1 Å². The summed E-state index contributed by atoms with van der Waals surface area (Å²) in [5.41, 5.74) is 7.27. The van der Waals surface area contributed by atoms with E-state index in [1.165, 1.54) is 0 Å². The van der Waals surface area contributed by atoms with Gasteiger partial charge in [0.2, 0.25) is 0 Å². The molecule has 1 saturated heterocycles. The number of halogens is 1. The molecule has 7 heteroatoms. The molecular formula is C27H34ClNO5. The van der Waals surface area contributed by atoms with Crippen LogP contribution in [0.15, 0.2) is 42.5 Å². The van der Waals surface area contributed by atoms with Gasteiger partial charge in [-0.2, -0.15) is 0 Å². The third-order valence-electron chi connectivity index (χ3n) is 7.06. The lowest BCUT2D eigenvalue weighted by Crippen LogP contribution is -2.50. The molecule has 34 heavy (non-hydrogen) atoms. The molecule has 4 rings (SSSR count). The lowest BCUT2D eigenvalue weighted by Gasteiger charge is -2.50. The molecule has 2 aliphatic rings. The van der Waals surface area contributed by atoms with Gasteiger partial charge in [-0.3, -0.25) is 4.79 Å². The molecule has 2 heterocycles. The van der Waals surface area contributed by atoms with Crippen molar-refractivity contribution in [1.82, 2.24) is 0 Å². The minimum atomic E-state index is -0.816. The largest absolute Gasteiger partial charge is 0.493 e. The molecule has 2 aromatic rings. The zero-order chi connectivity index (χ0) is 24.1. The average molecular weight is 488 g/mol. The predicted molar refractivity (Wildman–Crippen MR) is 132 cm³/mol. The molecule has 0 radical (unpaired) electrons. The molecule has 0 aromatic heterocycles. The van der Waals surface area contributed by atoms with Crippen LogP contribution in [-0.2, 0) is 16.0 Å². The highest BCUT2D eigenvalue weighted by molar-refractivity contribution is 6.30. The molecule has 0 unspecified atom stereocenters. The number of aliphatic carboxylic acids is 1. The Labute approximate surface area is 206 Å². The summed E-state index contributed by atoms with van der Waals surface area (Å²) in [4.78, 5) is 11.3. The Hall–Kier alpha value is -2.28. The maximum absolute atomic E-state index is 11.3. The van der Waals surface area contributed by atoms with E-state index in [4.69, 9.17) is 31.5 Å². The van der Waals surface area contributed by atoms with Crippen molar-refractivity contribution in [3.8, 4) is 11.5 Å². The van der Waals surface area contributed by atoms with Gasteiger partial charge in [0.25, 0.3) is 0 Å². The van der Waals surface area contributed by atoms with Crippen LogP contribution in [-0.4, -0.2) is 35.9 Å². The van der Waals surface area contributed by atoms with Crippen molar-refractivity contribution in [2.45, 2.75) is 69.7 Å². The summed E-state index contributed by atoms with van der Waals surface area (Å²) in [5.74, 6) is 0.731. The molecule has 6 nitrogen and oxygen atoms in total. The zero-order valence-corrected chi connectivity index (χ0v) is 20.4. The summed E-state index contributed by atoms with van der Waals surface area (Å²) in [7, 11) is 0. The van der Waals surface area contributed by atoms with Gasteiger partial charge >= 0.3 is 5.97 Å². The van der Waals surface area contributed by atoms with Crippen LogP contribution in [0.1, 0.15) is 62.7 Å². The third kappa shape index (κ3) is 5.85. The number of hydrogen-bond donors (Lipinski definition) is 2. The van der Waals surface area contributed by atoms with Gasteiger partial charge in [-0.25, -0.2) is 0 Å². The van der Waals surface area contributed by atoms with Crippen molar-refractivity contribution in [3.05, 3.63) is 58.6 Å². The molecule has 3 N–H and O–H groups in total. The Balaban J connectivity index is 1.51. The van der Waals surface area contributed by atoms with E-state index in [-0.39, 0.29) is 24.5 Å². The quantitative estimate of drug-likeness (QED) is 0.456. The fourth-order valence-corrected chi connectivity index (χ4v) is 5.27. The van der Waals surface area contributed by atoms with Gasteiger partial charge in [0.15, 0.2) is 0 Å². The zero-order valence-electron chi connectivity index (χ0n) is 19.7. The maximum atomic E-state index is 11.3. The summed E-state index contributed by atoms with van der Waals surface area (Å²) in [5, 5.41) is 10.0. The Morgan fingerprint density at radius 3 is 2.76 bits per heavy atom. The van der Waals surface area contributed by atoms with Crippen molar-refractivity contribution in [2.75, 3.05) is 13.2 Å². The second kappa shape index (κ2) is 11.0. The molecule has 0 amide bonds. The number of carboxylic acids is 1. The standard InChI is InChI=1S/C27H34ClNO5/c1-27(14-12-25(30)31)23-11-9-20(3-2-15-29)33-26(23)22-10-8-21(17-24(22)34-27)32-16-13-18-4-6-19(28)7-5-18/h4-8,10,17,20,23,26H,2-3,9,11-16,29H2,1H3,(H,30,31)/t20-,23-,26+,27+/m1/s1. The molecule has 1 fully saturated rings. The molecule has 0 aliphatic carbocycles. The number of carboxylic acid groups (broad SMARTS) is 1. The van der Waals surface area contributed by atoms with E-state index in [0.717, 1.165) is 59.8 Å². The molecule has 0 bridgehead atoms. The van der Waals surface area contributed by atoms with E-state index >= 15 is 0 Å². The first-order valence-corrected chi connectivity index (χ1v) is 12.5. The first-order chi connectivity index (χ1) is 16.4. The van der Waals surface area contributed by atoms with Crippen molar-refractivity contribution in [2.24, 2.45) is 11.7 Å². The number of hydrogen-bond acceptors (Lipinski definition) is 5. The fourth-order valence-electron chi connectivity index (χ4n) is 5.14. The van der Waals surface area contributed by atoms with Crippen molar-refractivity contribution >= 4 is 17.6 Å². The van der Waals surface area contributed by atoms with Crippen molar-refractivity contribution in [3.63, 3.8) is 0 Å². The molecule has 4 atom stereocenters. The van der Waals surface area contributed by atoms with Crippen LogP contribution in [0.2, 0.25) is 5.02 Å². The average Bonchev–Trinajstić information content (AvgIpc) is 2.82. The van der Waals surface area contributed by atoms with Crippen LogP contribution in [0.3, 0.4) is 0 Å². The molecular weight excluding hydrogens is 454 g/mol. The van der Waals surface area contributed by atoms with E-state index in [1.807, 2.05) is 49.4 Å². The first kappa shape index (κ1) is 24.8. The topological polar surface area (TPSA) is 91.0 Å². The second-order valence-corrected chi connectivity index (χ2v) is 9.96. The number of benzene rings is 2. The van der Waals surface area contributed by atoms with Gasteiger partial charge in [0.05, 0.1) is 18.8 Å².